The molecule has 1 aliphatic heterocycles. The molecule has 0 aromatic carbocycles. The Bertz CT molecular complexity index is 532. The van der Waals surface area contributed by atoms with Crippen LogP contribution < -0.4 is 5.32 Å². The molecule has 1 saturated carbocycles. The Balaban J connectivity index is 1.66. The fourth-order valence-corrected chi connectivity index (χ4v) is 3.96. The van der Waals surface area contributed by atoms with Crippen LogP contribution in [0.25, 0.3) is 0 Å². The molecule has 1 saturated heterocycles. The van der Waals surface area contributed by atoms with E-state index in [4.69, 9.17) is 0 Å². The van der Waals surface area contributed by atoms with E-state index < -0.39 is 0 Å². The number of nitrogens with zero attached hydrogens (tertiary/aromatic N) is 3. The lowest BCUT2D eigenvalue weighted by Crippen LogP contribution is -2.53. The molecule has 1 amide bonds. The van der Waals surface area contributed by atoms with Crippen molar-refractivity contribution in [2.24, 2.45) is 0 Å². The van der Waals surface area contributed by atoms with Crippen LogP contribution in [-0.2, 0) is 10.2 Å². The molecule has 1 N–H and O–H groups in total. The predicted octanol–water partition coefficient (Wildman–Crippen LogP) is 3.18. The maximum absolute atomic E-state index is 12.7. The SMILES string of the molecule is CC(C)(C)c1nnc(NC(=O)C2CCCCN2C2CCC2)s1. The van der Waals surface area contributed by atoms with E-state index in [1.165, 1.54) is 37.0 Å². The molecule has 122 valence electrons. The summed E-state index contributed by atoms with van der Waals surface area (Å²) in [5.41, 5.74) is -0.0244. The van der Waals surface area contributed by atoms with Crippen molar-refractivity contribution in [1.29, 1.82) is 0 Å². The monoisotopic (exact) mass is 322 g/mol. The van der Waals surface area contributed by atoms with Crippen LogP contribution >= 0.6 is 11.3 Å². The van der Waals surface area contributed by atoms with Crippen molar-refractivity contribution in [3.05, 3.63) is 5.01 Å². The van der Waals surface area contributed by atoms with Crippen LogP contribution in [0.1, 0.15) is 64.3 Å². The minimum Gasteiger partial charge on any atom is -0.299 e. The van der Waals surface area contributed by atoms with Crippen molar-refractivity contribution < 1.29 is 4.79 Å². The van der Waals surface area contributed by atoms with Crippen LogP contribution in [0.15, 0.2) is 0 Å². The molecule has 1 aromatic heterocycles. The van der Waals surface area contributed by atoms with E-state index in [9.17, 15) is 4.79 Å². The summed E-state index contributed by atoms with van der Waals surface area (Å²) in [7, 11) is 0. The van der Waals surface area contributed by atoms with E-state index in [1.54, 1.807) is 0 Å². The summed E-state index contributed by atoms with van der Waals surface area (Å²) in [5.74, 6) is 0.100. The van der Waals surface area contributed by atoms with Gasteiger partial charge in [0, 0.05) is 11.5 Å². The Morgan fingerprint density at radius 2 is 1.95 bits per heavy atom. The van der Waals surface area contributed by atoms with Gasteiger partial charge < -0.3 is 0 Å². The highest BCUT2D eigenvalue weighted by atomic mass is 32.1. The Labute approximate surface area is 136 Å². The first-order valence-electron chi connectivity index (χ1n) is 8.36. The van der Waals surface area contributed by atoms with Crippen molar-refractivity contribution in [3.63, 3.8) is 0 Å². The molecule has 3 rings (SSSR count). The number of nitrogens with one attached hydrogen (secondary N) is 1. The average Bonchev–Trinajstić information content (AvgIpc) is 2.86. The molecule has 22 heavy (non-hydrogen) atoms. The zero-order chi connectivity index (χ0) is 15.7. The van der Waals surface area contributed by atoms with Gasteiger partial charge in [-0.05, 0) is 32.2 Å². The standard InChI is InChI=1S/C16H26N4OS/c1-16(2,3)14-18-19-15(22-14)17-13(21)12-9-4-5-10-20(12)11-7-6-8-11/h11-12H,4-10H2,1-3H3,(H,17,19,21). The number of piperidine rings is 1. The number of hydrogen-bond donors (Lipinski definition) is 1. The maximum Gasteiger partial charge on any atom is 0.243 e. The van der Waals surface area contributed by atoms with Gasteiger partial charge in [-0.1, -0.05) is 44.9 Å². The lowest BCUT2D eigenvalue weighted by molar-refractivity contribution is -0.124. The van der Waals surface area contributed by atoms with Gasteiger partial charge in [0.25, 0.3) is 0 Å². The second-order valence-electron chi connectivity index (χ2n) is 7.49. The molecule has 6 heteroatoms. The Morgan fingerprint density at radius 3 is 2.55 bits per heavy atom. The van der Waals surface area contributed by atoms with Gasteiger partial charge in [-0.15, -0.1) is 10.2 Å². The minimum atomic E-state index is -0.0244. The summed E-state index contributed by atoms with van der Waals surface area (Å²) in [6.07, 6.45) is 7.12. The lowest BCUT2D eigenvalue weighted by atomic mass is 9.87. The molecule has 0 spiro atoms. The van der Waals surface area contributed by atoms with Crippen LogP contribution in [0.4, 0.5) is 5.13 Å². The van der Waals surface area contributed by atoms with Gasteiger partial charge >= 0.3 is 0 Å². The quantitative estimate of drug-likeness (QED) is 0.928. The highest BCUT2D eigenvalue weighted by molar-refractivity contribution is 7.15. The molecule has 2 aliphatic rings. The number of amides is 1. The average molecular weight is 322 g/mol. The molecule has 5 nitrogen and oxygen atoms in total. The third-order valence-corrected chi connectivity index (χ3v) is 5.95. The molecular weight excluding hydrogens is 296 g/mol. The second kappa shape index (κ2) is 6.24. The molecule has 1 aliphatic carbocycles. The molecule has 0 bridgehead atoms. The van der Waals surface area contributed by atoms with Crippen LogP contribution in [0, 0.1) is 0 Å². The zero-order valence-corrected chi connectivity index (χ0v) is 14.6. The third kappa shape index (κ3) is 3.33. The summed E-state index contributed by atoms with van der Waals surface area (Å²) in [4.78, 5) is 15.1. The smallest absolute Gasteiger partial charge is 0.243 e. The summed E-state index contributed by atoms with van der Waals surface area (Å²) in [6, 6.07) is 0.636. The minimum absolute atomic E-state index is 0.0148. The van der Waals surface area contributed by atoms with Crippen molar-refractivity contribution in [3.8, 4) is 0 Å². The third-order valence-electron chi connectivity index (χ3n) is 4.69. The molecule has 1 atom stereocenters. The molecule has 2 heterocycles. The number of rotatable bonds is 3. The highest BCUT2D eigenvalue weighted by Crippen LogP contribution is 2.32. The largest absolute Gasteiger partial charge is 0.299 e. The summed E-state index contributed by atoms with van der Waals surface area (Å²) in [5, 5.41) is 12.9. The molecule has 2 fully saturated rings. The first kappa shape index (κ1) is 15.9. The van der Waals surface area contributed by atoms with E-state index in [0.717, 1.165) is 24.4 Å². The summed E-state index contributed by atoms with van der Waals surface area (Å²) >= 11 is 1.49. The van der Waals surface area contributed by atoms with E-state index in [-0.39, 0.29) is 17.4 Å². The fourth-order valence-electron chi connectivity index (χ4n) is 3.16. The first-order chi connectivity index (χ1) is 10.4. The van der Waals surface area contributed by atoms with Crippen LogP contribution in [-0.4, -0.2) is 39.6 Å². The van der Waals surface area contributed by atoms with Gasteiger partial charge in [-0.3, -0.25) is 15.0 Å². The normalized spacial score (nSPS) is 24.0. The van der Waals surface area contributed by atoms with E-state index in [0.29, 0.717) is 11.2 Å². The van der Waals surface area contributed by atoms with Gasteiger partial charge in [-0.2, -0.15) is 0 Å². The molecule has 1 aromatic rings. The van der Waals surface area contributed by atoms with E-state index in [2.05, 4.69) is 41.2 Å². The number of carbonyl (C=O) groups excluding carboxylic acids is 1. The summed E-state index contributed by atoms with van der Waals surface area (Å²) in [6.45, 7) is 7.39. The van der Waals surface area contributed by atoms with Gasteiger partial charge in [0.05, 0.1) is 6.04 Å². The van der Waals surface area contributed by atoms with Gasteiger partial charge in [0.2, 0.25) is 11.0 Å². The topological polar surface area (TPSA) is 58.1 Å². The number of aromatic nitrogens is 2. The van der Waals surface area contributed by atoms with Gasteiger partial charge in [0.15, 0.2) is 0 Å². The molecule has 0 radical (unpaired) electrons. The Kier molecular flexibility index (Phi) is 4.50. The number of carbonyl (C=O) groups is 1. The zero-order valence-electron chi connectivity index (χ0n) is 13.8. The van der Waals surface area contributed by atoms with E-state index in [1.807, 2.05) is 0 Å². The van der Waals surface area contributed by atoms with Gasteiger partial charge in [0.1, 0.15) is 5.01 Å². The van der Waals surface area contributed by atoms with Crippen molar-refractivity contribution in [1.82, 2.24) is 15.1 Å². The second-order valence-corrected chi connectivity index (χ2v) is 8.46. The maximum atomic E-state index is 12.7. The predicted molar refractivity (Wildman–Crippen MR) is 89.2 cm³/mol. The Hall–Kier alpha value is -1.01. The number of anilines is 1. The summed E-state index contributed by atoms with van der Waals surface area (Å²) < 4.78 is 0. The molecule has 1 unspecified atom stereocenters. The fraction of sp³-hybridized carbons (Fsp3) is 0.812. The first-order valence-corrected chi connectivity index (χ1v) is 9.17. The molecular formula is C16H26N4OS. The van der Waals surface area contributed by atoms with Crippen LogP contribution in [0.3, 0.4) is 0 Å². The highest BCUT2D eigenvalue weighted by Gasteiger charge is 2.36. The number of hydrogen-bond acceptors (Lipinski definition) is 5. The van der Waals surface area contributed by atoms with Gasteiger partial charge in [-0.25, -0.2) is 0 Å². The van der Waals surface area contributed by atoms with E-state index >= 15 is 0 Å². The van der Waals surface area contributed by atoms with Crippen LogP contribution in [0.2, 0.25) is 0 Å². The number of likely N-dealkylation sites (tertiary alicyclic amines) is 1. The van der Waals surface area contributed by atoms with Crippen LogP contribution in [0.5, 0.6) is 0 Å². The van der Waals surface area contributed by atoms with Crippen molar-refractivity contribution >= 4 is 22.4 Å². The lowest BCUT2D eigenvalue weighted by Gasteiger charge is -2.44. The van der Waals surface area contributed by atoms with Crippen molar-refractivity contribution in [2.45, 2.75) is 76.8 Å². The Morgan fingerprint density at radius 1 is 1.18 bits per heavy atom. The van der Waals surface area contributed by atoms with Crippen molar-refractivity contribution in [2.75, 3.05) is 11.9 Å².